The fourth-order valence-electron chi connectivity index (χ4n) is 2.63. The number of sulfonamides is 1. The van der Waals surface area contributed by atoms with Gasteiger partial charge < -0.3 is 5.32 Å². The standard InChI is InChI=1S/C21H19FN2O3S/c1-14-6-10-18(11-7-14)23-21(25)16-9-8-15(2)20(12-16)28(26,27)24-19-5-3-4-17(22)13-19/h3-13,24H,1-2H3,(H,23,25). The van der Waals surface area contributed by atoms with Crippen LogP contribution in [0.15, 0.2) is 71.6 Å². The summed E-state index contributed by atoms with van der Waals surface area (Å²) < 4.78 is 41.2. The predicted molar refractivity (Wildman–Crippen MR) is 108 cm³/mol. The van der Waals surface area contributed by atoms with Gasteiger partial charge in [0.1, 0.15) is 5.82 Å². The molecular weight excluding hydrogens is 379 g/mol. The van der Waals surface area contributed by atoms with Crippen molar-refractivity contribution in [2.24, 2.45) is 0 Å². The first-order valence-electron chi connectivity index (χ1n) is 8.52. The molecule has 0 unspecified atom stereocenters. The van der Waals surface area contributed by atoms with E-state index in [1.54, 1.807) is 31.2 Å². The first kappa shape index (κ1) is 19.6. The lowest BCUT2D eigenvalue weighted by Gasteiger charge is -2.12. The Hall–Kier alpha value is -3.19. The largest absolute Gasteiger partial charge is 0.322 e. The minimum atomic E-state index is -3.99. The maximum absolute atomic E-state index is 13.3. The van der Waals surface area contributed by atoms with E-state index in [9.17, 15) is 17.6 Å². The summed E-state index contributed by atoms with van der Waals surface area (Å²) >= 11 is 0. The molecule has 0 atom stereocenters. The van der Waals surface area contributed by atoms with Crippen LogP contribution in [0, 0.1) is 19.7 Å². The van der Waals surface area contributed by atoms with E-state index in [4.69, 9.17) is 0 Å². The van der Waals surface area contributed by atoms with Gasteiger partial charge in [0.25, 0.3) is 15.9 Å². The number of halogens is 1. The van der Waals surface area contributed by atoms with E-state index in [0.29, 0.717) is 11.3 Å². The molecule has 0 aliphatic carbocycles. The van der Waals surface area contributed by atoms with Gasteiger partial charge in [-0.15, -0.1) is 0 Å². The van der Waals surface area contributed by atoms with Crippen molar-refractivity contribution in [3.8, 4) is 0 Å². The number of carbonyl (C=O) groups excluding carboxylic acids is 1. The fourth-order valence-corrected chi connectivity index (χ4v) is 3.95. The summed E-state index contributed by atoms with van der Waals surface area (Å²) in [5.41, 5.74) is 2.44. The number of hydrogen-bond acceptors (Lipinski definition) is 3. The van der Waals surface area contributed by atoms with Gasteiger partial charge in [-0.1, -0.05) is 29.8 Å². The van der Waals surface area contributed by atoms with Crippen molar-refractivity contribution in [3.63, 3.8) is 0 Å². The molecule has 0 aromatic heterocycles. The monoisotopic (exact) mass is 398 g/mol. The highest BCUT2D eigenvalue weighted by molar-refractivity contribution is 7.92. The summed E-state index contributed by atoms with van der Waals surface area (Å²) in [5.74, 6) is -0.978. The van der Waals surface area contributed by atoms with E-state index < -0.39 is 21.7 Å². The quantitative estimate of drug-likeness (QED) is 0.665. The van der Waals surface area contributed by atoms with Crippen LogP contribution in [0.4, 0.5) is 15.8 Å². The molecule has 0 aliphatic rings. The molecule has 3 aromatic carbocycles. The number of amides is 1. The smallest absolute Gasteiger partial charge is 0.262 e. The molecule has 1 amide bonds. The highest BCUT2D eigenvalue weighted by atomic mass is 32.2. The third kappa shape index (κ3) is 4.55. The van der Waals surface area contributed by atoms with Crippen molar-refractivity contribution in [2.75, 3.05) is 10.0 Å². The van der Waals surface area contributed by atoms with Gasteiger partial charge in [-0.2, -0.15) is 0 Å². The number of nitrogens with one attached hydrogen (secondary N) is 2. The summed E-state index contributed by atoms with van der Waals surface area (Å²) in [5, 5.41) is 2.74. The van der Waals surface area contributed by atoms with E-state index in [-0.39, 0.29) is 16.1 Å². The van der Waals surface area contributed by atoms with Gasteiger partial charge in [0.2, 0.25) is 0 Å². The number of anilines is 2. The Morgan fingerprint density at radius 2 is 1.61 bits per heavy atom. The molecule has 3 aromatic rings. The van der Waals surface area contributed by atoms with Crippen molar-refractivity contribution in [2.45, 2.75) is 18.7 Å². The molecule has 0 fully saturated rings. The zero-order valence-corrected chi connectivity index (χ0v) is 16.2. The second kappa shape index (κ2) is 7.82. The molecule has 0 radical (unpaired) electrons. The van der Waals surface area contributed by atoms with Gasteiger partial charge in [0.15, 0.2) is 0 Å². The van der Waals surface area contributed by atoms with Crippen LogP contribution in [0.5, 0.6) is 0 Å². The van der Waals surface area contributed by atoms with Crippen LogP contribution in [-0.2, 0) is 10.0 Å². The van der Waals surface area contributed by atoms with Crippen molar-refractivity contribution in [3.05, 3.63) is 89.2 Å². The van der Waals surface area contributed by atoms with Crippen molar-refractivity contribution < 1.29 is 17.6 Å². The Balaban J connectivity index is 1.87. The number of carbonyl (C=O) groups is 1. The van der Waals surface area contributed by atoms with Gasteiger partial charge in [0, 0.05) is 11.3 Å². The van der Waals surface area contributed by atoms with Crippen LogP contribution in [0.2, 0.25) is 0 Å². The van der Waals surface area contributed by atoms with Crippen LogP contribution in [-0.4, -0.2) is 14.3 Å². The molecule has 5 nitrogen and oxygen atoms in total. The van der Waals surface area contributed by atoms with Crippen LogP contribution >= 0.6 is 0 Å². The molecule has 0 saturated carbocycles. The lowest BCUT2D eigenvalue weighted by molar-refractivity contribution is 0.102. The Morgan fingerprint density at radius 3 is 2.29 bits per heavy atom. The number of benzene rings is 3. The van der Waals surface area contributed by atoms with Crippen LogP contribution in [0.3, 0.4) is 0 Å². The highest BCUT2D eigenvalue weighted by Crippen LogP contribution is 2.22. The van der Waals surface area contributed by atoms with Gasteiger partial charge in [-0.05, 0) is 61.9 Å². The third-order valence-corrected chi connectivity index (χ3v) is 5.65. The second-order valence-corrected chi connectivity index (χ2v) is 8.07. The topological polar surface area (TPSA) is 75.3 Å². The number of hydrogen-bond donors (Lipinski definition) is 2. The van der Waals surface area contributed by atoms with Crippen molar-refractivity contribution in [1.29, 1.82) is 0 Å². The van der Waals surface area contributed by atoms with Gasteiger partial charge >= 0.3 is 0 Å². The summed E-state index contributed by atoms with van der Waals surface area (Å²) in [4.78, 5) is 12.5. The lowest BCUT2D eigenvalue weighted by atomic mass is 10.1. The van der Waals surface area contributed by atoms with Gasteiger partial charge in [-0.3, -0.25) is 9.52 Å². The molecule has 0 heterocycles. The van der Waals surface area contributed by atoms with Crippen LogP contribution < -0.4 is 10.0 Å². The predicted octanol–water partition coefficient (Wildman–Crippen LogP) is 4.50. The van der Waals surface area contributed by atoms with E-state index in [1.807, 2.05) is 19.1 Å². The second-order valence-electron chi connectivity index (χ2n) is 6.42. The minimum absolute atomic E-state index is 0.0479. The Kier molecular flexibility index (Phi) is 5.46. The molecule has 7 heteroatoms. The first-order chi connectivity index (χ1) is 13.2. The Labute approximate surface area is 163 Å². The van der Waals surface area contributed by atoms with E-state index in [1.165, 1.54) is 24.3 Å². The zero-order chi connectivity index (χ0) is 20.3. The fraction of sp³-hybridized carbons (Fsp3) is 0.0952. The molecule has 0 aliphatic heterocycles. The summed E-state index contributed by atoms with van der Waals surface area (Å²) in [7, 11) is -3.99. The van der Waals surface area contributed by atoms with E-state index in [2.05, 4.69) is 10.0 Å². The third-order valence-electron chi connectivity index (χ3n) is 4.13. The molecule has 144 valence electrons. The highest BCUT2D eigenvalue weighted by Gasteiger charge is 2.19. The molecule has 3 rings (SSSR count). The minimum Gasteiger partial charge on any atom is -0.322 e. The zero-order valence-electron chi connectivity index (χ0n) is 15.4. The average Bonchev–Trinajstić information content (AvgIpc) is 2.63. The number of aryl methyl sites for hydroxylation is 2. The Bertz CT molecular complexity index is 1130. The van der Waals surface area contributed by atoms with Crippen LogP contribution in [0.1, 0.15) is 21.5 Å². The molecular formula is C21H19FN2O3S. The van der Waals surface area contributed by atoms with E-state index in [0.717, 1.165) is 11.6 Å². The average molecular weight is 398 g/mol. The maximum Gasteiger partial charge on any atom is 0.262 e. The van der Waals surface area contributed by atoms with Gasteiger partial charge in [0.05, 0.1) is 10.6 Å². The number of rotatable bonds is 5. The summed E-state index contributed by atoms with van der Waals surface area (Å²) in [6, 6.07) is 16.8. The van der Waals surface area contributed by atoms with Crippen molar-refractivity contribution >= 4 is 27.3 Å². The molecule has 0 spiro atoms. The molecule has 28 heavy (non-hydrogen) atoms. The summed E-state index contributed by atoms with van der Waals surface area (Å²) in [6.45, 7) is 3.57. The normalized spacial score (nSPS) is 11.1. The SMILES string of the molecule is Cc1ccc(NC(=O)c2ccc(C)c(S(=O)(=O)Nc3cccc(F)c3)c2)cc1. The van der Waals surface area contributed by atoms with Gasteiger partial charge in [-0.25, -0.2) is 12.8 Å². The van der Waals surface area contributed by atoms with Crippen LogP contribution in [0.25, 0.3) is 0 Å². The van der Waals surface area contributed by atoms with E-state index >= 15 is 0 Å². The first-order valence-corrected chi connectivity index (χ1v) is 10.00. The molecule has 2 N–H and O–H groups in total. The molecule has 0 saturated heterocycles. The summed E-state index contributed by atoms with van der Waals surface area (Å²) in [6.07, 6.45) is 0. The molecule has 0 bridgehead atoms. The maximum atomic E-state index is 13.3. The Morgan fingerprint density at radius 1 is 0.893 bits per heavy atom. The van der Waals surface area contributed by atoms with Crippen molar-refractivity contribution in [1.82, 2.24) is 0 Å². The lowest BCUT2D eigenvalue weighted by Crippen LogP contribution is -2.17.